The highest BCUT2D eigenvalue weighted by atomic mass is 14.8. The van der Waals surface area contributed by atoms with Crippen LogP contribution in [0, 0.1) is 0 Å². The van der Waals surface area contributed by atoms with Crippen molar-refractivity contribution in [2.24, 2.45) is 0 Å². The van der Waals surface area contributed by atoms with Crippen LogP contribution in [0.25, 0.3) is 0 Å². The summed E-state index contributed by atoms with van der Waals surface area (Å²) < 4.78 is 0. The highest BCUT2D eigenvalue weighted by Gasteiger charge is 2.22. The van der Waals surface area contributed by atoms with Crippen molar-refractivity contribution in [2.45, 2.75) is 25.2 Å². The summed E-state index contributed by atoms with van der Waals surface area (Å²) in [6.07, 6.45) is 9.05. The number of hydrogen-bond donors (Lipinski definition) is 0. The molecule has 1 aliphatic carbocycles. The molecule has 0 saturated carbocycles. The number of nitrogens with zero attached hydrogens (tertiary/aromatic N) is 2. The summed E-state index contributed by atoms with van der Waals surface area (Å²) in [5.41, 5.74) is 4.02. The first-order valence-electron chi connectivity index (χ1n) is 5.79. The molecule has 1 heterocycles. The molecule has 0 amide bonds. The van der Waals surface area contributed by atoms with Gasteiger partial charge in [0.2, 0.25) is 0 Å². The van der Waals surface area contributed by atoms with Crippen molar-refractivity contribution in [3.05, 3.63) is 59.7 Å². The summed E-state index contributed by atoms with van der Waals surface area (Å²) in [4.78, 5) is 8.61. The van der Waals surface area contributed by atoms with E-state index in [0.29, 0.717) is 5.92 Å². The van der Waals surface area contributed by atoms with E-state index in [0.717, 1.165) is 5.69 Å². The molecule has 0 fully saturated rings. The number of benzene rings is 1. The zero-order chi connectivity index (χ0) is 10.8. The summed E-state index contributed by atoms with van der Waals surface area (Å²) in [5.74, 6) is 0.443. The van der Waals surface area contributed by atoms with E-state index < -0.39 is 0 Å². The third-order valence-electron chi connectivity index (χ3n) is 3.31. The predicted octanol–water partition coefficient (Wildman–Crippen LogP) is 2.94. The molecule has 2 nitrogen and oxygen atoms in total. The van der Waals surface area contributed by atoms with Crippen LogP contribution in [0.3, 0.4) is 0 Å². The number of aromatic nitrogens is 2. The molecule has 1 unspecified atom stereocenters. The van der Waals surface area contributed by atoms with Crippen molar-refractivity contribution in [1.82, 2.24) is 9.97 Å². The molecule has 80 valence electrons. The van der Waals surface area contributed by atoms with Gasteiger partial charge in [0.25, 0.3) is 0 Å². The fourth-order valence-corrected chi connectivity index (χ4v) is 2.55. The molecule has 0 N–H and O–H groups in total. The lowest BCUT2D eigenvalue weighted by Crippen LogP contribution is -2.12. The van der Waals surface area contributed by atoms with Crippen LogP contribution in [0.5, 0.6) is 0 Å². The van der Waals surface area contributed by atoms with Crippen molar-refractivity contribution >= 4 is 0 Å². The van der Waals surface area contributed by atoms with E-state index in [2.05, 4.69) is 34.2 Å². The molecule has 1 aliphatic rings. The van der Waals surface area contributed by atoms with E-state index in [1.54, 1.807) is 12.4 Å². The quantitative estimate of drug-likeness (QED) is 0.723. The van der Waals surface area contributed by atoms with Crippen molar-refractivity contribution < 1.29 is 0 Å². The van der Waals surface area contributed by atoms with E-state index in [-0.39, 0.29) is 0 Å². The topological polar surface area (TPSA) is 25.8 Å². The van der Waals surface area contributed by atoms with E-state index >= 15 is 0 Å². The van der Waals surface area contributed by atoms with Gasteiger partial charge < -0.3 is 0 Å². The van der Waals surface area contributed by atoms with E-state index in [1.807, 2.05) is 6.20 Å². The lowest BCUT2D eigenvalue weighted by atomic mass is 9.81. The second kappa shape index (κ2) is 4.05. The number of fused-ring (bicyclic) bond motifs is 1. The molecule has 1 atom stereocenters. The van der Waals surface area contributed by atoms with E-state index in [1.165, 1.54) is 30.4 Å². The highest BCUT2D eigenvalue weighted by Crippen LogP contribution is 2.34. The SMILES string of the molecule is c1ccc2c(c1)CCCC2c1cnccn1. The van der Waals surface area contributed by atoms with Crippen molar-refractivity contribution in [2.75, 3.05) is 0 Å². The van der Waals surface area contributed by atoms with Crippen molar-refractivity contribution in [1.29, 1.82) is 0 Å². The van der Waals surface area contributed by atoms with Crippen LogP contribution in [-0.2, 0) is 6.42 Å². The van der Waals surface area contributed by atoms with Crippen LogP contribution < -0.4 is 0 Å². The summed E-state index contributed by atoms with van der Waals surface area (Å²) in [5, 5.41) is 0. The van der Waals surface area contributed by atoms with Crippen LogP contribution in [0.2, 0.25) is 0 Å². The van der Waals surface area contributed by atoms with Crippen LogP contribution in [0.15, 0.2) is 42.9 Å². The second-order valence-corrected chi connectivity index (χ2v) is 4.27. The predicted molar refractivity (Wildman–Crippen MR) is 63.3 cm³/mol. The highest BCUT2D eigenvalue weighted by molar-refractivity contribution is 5.37. The first kappa shape index (κ1) is 9.52. The van der Waals surface area contributed by atoms with Crippen LogP contribution in [0.1, 0.15) is 35.6 Å². The Morgan fingerprint density at radius 2 is 2.06 bits per heavy atom. The Kier molecular flexibility index (Phi) is 2.41. The van der Waals surface area contributed by atoms with Gasteiger partial charge in [0, 0.05) is 24.5 Å². The number of hydrogen-bond acceptors (Lipinski definition) is 2. The van der Waals surface area contributed by atoms with Gasteiger partial charge in [-0.15, -0.1) is 0 Å². The number of rotatable bonds is 1. The number of aryl methyl sites for hydroxylation is 1. The molecule has 0 aliphatic heterocycles. The lowest BCUT2D eigenvalue weighted by molar-refractivity contribution is 0.602. The summed E-state index contributed by atoms with van der Waals surface area (Å²) in [6.45, 7) is 0. The van der Waals surface area contributed by atoms with Gasteiger partial charge >= 0.3 is 0 Å². The molecule has 1 aromatic heterocycles. The molecular formula is C14H14N2. The van der Waals surface area contributed by atoms with E-state index in [9.17, 15) is 0 Å². The minimum Gasteiger partial charge on any atom is -0.261 e. The maximum Gasteiger partial charge on any atom is 0.0661 e. The monoisotopic (exact) mass is 210 g/mol. The largest absolute Gasteiger partial charge is 0.261 e. The molecule has 0 radical (unpaired) electrons. The van der Waals surface area contributed by atoms with Crippen molar-refractivity contribution in [3.63, 3.8) is 0 Å². The minimum absolute atomic E-state index is 0.443. The molecule has 0 spiro atoms. The third-order valence-corrected chi connectivity index (χ3v) is 3.31. The molecule has 3 rings (SSSR count). The first-order valence-corrected chi connectivity index (χ1v) is 5.79. The maximum atomic E-state index is 4.44. The molecule has 0 bridgehead atoms. The normalized spacial score (nSPS) is 19.1. The summed E-state index contributed by atoms with van der Waals surface area (Å²) >= 11 is 0. The van der Waals surface area contributed by atoms with Gasteiger partial charge in [-0.25, -0.2) is 0 Å². The smallest absolute Gasteiger partial charge is 0.0661 e. The zero-order valence-corrected chi connectivity index (χ0v) is 9.13. The van der Waals surface area contributed by atoms with Crippen LogP contribution in [0.4, 0.5) is 0 Å². The molecule has 2 aromatic rings. The molecular weight excluding hydrogens is 196 g/mol. The Labute approximate surface area is 95.4 Å². The molecule has 1 aromatic carbocycles. The van der Waals surface area contributed by atoms with Crippen molar-refractivity contribution in [3.8, 4) is 0 Å². The van der Waals surface area contributed by atoms with Crippen LogP contribution >= 0.6 is 0 Å². The fraction of sp³-hybridized carbons (Fsp3) is 0.286. The maximum absolute atomic E-state index is 4.44. The second-order valence-electron chi connectivity index (χ2n) is 4.27. The fourth-order valence-electron chi connectivity index (χ4n) is 2.55. The van der Waals surface area contributed by atoms with Gasteiger partial charge in [0.1, 0.15) is 0 Å². The van der Waals surface area contributed by atoms with Gasteiger partial charge in [0.15, 0.2) is 0 Å². The van der Waals surface area contributed by atoms with E-state index in [4.69, 9.17) is 0 Å². The average Bonchev–Trinajstić information content (AvgIpc) is 2.39. The zero-order valence-electron chi connectivity index (χ0n) is 9.13. The Bertz CT molecular complexity index is 479. The van der Waals surface area contributed by atoms with Gasteiger partial charge in [0.05, 0.1) is 5.69 Å². The minimum atomic E-state index is 0.443. The Hall–Kier alpha value is -1.70. The summed E-state index contributed by atoms with van der Waals surface area (Å²) in [6, 6.07) is 8.71. The van der Waals surface area contributed by atoms with Gasteiger partial charge in [-0.3, -0.25) is 9.97 Å². The summed E-state index contributed by atoms with van der Waals surface area (Å²) in [7, 11) is 0. The third kappa shape index (κ3) is 1.60. The first-order chi connectivity index (χ1) is 7.95. The lowest BCUT2D eigenvalue weighted by Gasteiger charge is -2.24. The Morgan fingerprint density at radius 1 is 1.12 bits per heavy atom. The van der Waals surface area contributed by atoms with Crippen LogP contribution in [-0.4, -0.2) is 9.97 Å². The average molecular weight is 210 g/mol. The molecule has 0 saturated heterocycles. The van der Waals surface area contributed by atoms with Gasteiger partial charge in [-0.05, 0) is 30.4 Å². The Balaban J connectivity index is 2.05. The standard InChI is InChI=1S/C14H14N2/c1-2-6-12-11(4-1)5-3-7-13(12)14-10-15-8-9-16-14/h1-2,4,6,8-10,13H,3,5,7H2. The Morgan fingerprint density at radius 3 is 2.94 bits per heavy atom. The molecule has 16 heavy (non-hydrogen) atoms. The molecule has 2 heteroatoms. The van der Waals surface area contributed by atoms with Gasteiger partial charge in [-0.2, -0.15) is 0 Å². The van der Waals surface area contributed by atoms with Gasteiger partial charge in [-0.1, -0.05) is 24.3 Å².